The van der Waals surface area contributed by atoms with Crippen LogP contribution in [0, 0.1) is 19.8 Å². The van der Waals surface area contributed by atoms with E-state index >= 15 is 0 Å². The van der Waals surface area contributed by atoms with E-state index in [1.807, 2.05) is 13.8 Å². The van der Waals surface area contributed by atoms with E-state index in [4.69, 9.17) is 5.11 Å². The summed E-state index contributed by atoms with van der Waals surface area (Å²) in [4.78, 5) is 42.7. The van der Waals surface area contributed by atoms with Gasteiger partial charge in [0, 0.05) is 29.2 Å². The number of hydrogen-bond donors (Lipinski definition) is 2. The zero-order valence-corrected chi connectivity index (χ0v) is 16.0. The Morgan fingerprint density at radius 3 is 2.30 bits per heavy atom. The number of benzene rings is 1. The largest absolute Gasteiger partial charge is 0.481 e. The van der Waals surface area contributed by atoms with Gasteiger partial charge in [-0.25, -0.2) is 4.98 Å². The van der Waals surface area contributed by atoms with Crippen molar-refractivity contribution in [3.05, 3.63) is 45.4 Å². The Kier molecular flexibility index (Phi) is 5.55. The number of piperidine rings is 1. The topological polar surface area (TPSA) is 99.6 Å². The van der Waals surface area contributed by atoms with E-state index in [-0.39, 0.29) is 17.7 Å². The van der Waals surface area contributed by atoms with Crippen molar-refractivity contribution >= 4 is 34.8 Å². The minimum absolute atomic E-state index is 0.123. The third kappa shape index (κ3) is 4.33. The first-order chi connectivity index (χ1) is 12.8. The number of thiazole rings is 1. The molecule has 1 aromatic heterocycles. The standard InChI is InChI=1S/C19H21N3O4S/c1-11-16(20-12(2)27-11)17(23)21-15-5-3-13(4-6-15)18(24)22-9-7-14(8-10-22)19(25)26/h3-6,14H,7-10H2,1-2H3,(H,21,23)(H,25,26). The van der Waals surface area contributed by atoms with E-state index < -0.39 is 5.97 Å². The summed E-state index contributed by atoms with van der Waals surface area (Å²) in [6, 6.07) is 6.70. The monoisotopic (exact) mass is 387 g/mol. The minimum atomic E-state index is -0.798. The summed E-state index contributed by atoms with van der Waals surface area (Å²) in [5.74, 6) is -1.56. The Hall–Kier alpha value is -2.74. The number of carbonyl (C=O) groups is 3. The molecule has 0 atom stereocenters. The molecule has 0 aliphatic carbocycles. The molecule has 0 spiro atoms. The maximum atomic E-state index is 12.6. The molecule has 0 radical (unpaired) electrons. The molecular weight excluding hydrogens is 366 g/mol. The molecule has 1 aliphatic heterocycles. The Morgan fingerprint density at radius 2 is 1.78 bits per heavy atom. The van der Waals surface area contributed by atoms with Gasteiger partial charge in [0.2, 0.25) is 0 Å². The fraction of sp³-hybridized carbons (Fsp3) is 0.368. The molecule has 1 saturated heterocycles. The van der Waals surface area contributed by atoms with Gasteiger partial charge in [0.05, 0.1) is 10.9 Å². The van der Waals surface area contributed by atoms with E-state index in [1.165, 1.54) is 11.3 Å². The number of aromatic nitrogens is 1. The van der Waals surface area contributed by atoms with Crippen molar-refractivity contribution < 1.29 is 19.5 Å². The fourth-order valence-electron chi connectivity index (χ4n) is 3.14. The fourth-order valence-corrected chi connectivity index (χ4v) is 3.95. The zero-order valence-electron chi connectivity index (χ0n) is 15.2. The van der Waals surface area contributed by atoms with Crippen molar-refractivity contribution in [3.63, 3.8) is 0 Å². The first-order valence-electron chi connectivity index (χ1n) is 8.72. The number of hydrogen-bond acceptors (Lipinski definition) is 5. The van der Waals surface area contributed by atoms with E-state index in [0.29, 0.717) is 42.9 Å². The van der Waals surface area contributed by atoms with Crippen LogP contribution in [0.15, 0.2) is 24.3 Å². The molecule has 1 fully saturated rings. The van der Waals surface area contributed by atoms with Gasteiger partial charge in [0.1, 0.15) is 5.69 Å². The summed E-state index contributed by atoms with van der Waals surface area (Å²) in [6.45, 7) is 4.59. The maximum Gasteiger partial charge on any atom is 0.306 e. The van der Waals surface area contributed by atoms with Crippen LogP contribution in [0.5, 0.6) is 0 Å². The highest BCUT2D eigenvalue weighted by Crippen LogP contribution is 2.21. The average molecular weight is 387 g/mol. The summed E-state index contributed by atoms with van der Waals surface area (Å²) >= 11 is 1.47. The third-order valence-electron chi connectivity index (χ3n) is 4.64. The highest BCUT2D eigenvalue weighted by atomic mass is 32.1. The smallest absolute Gasteiger partial charge is 0.306 e. The highest BCUT2D eigenvalue weighted by molar-refractivity contribution is 7.11. The van der Waals surface area contributed by atoms with Crippen molar-refractivity contribution in [2.24, 2.45) is 5.92 Å². The number of aryl methyl sites for hydroxylation is 2. The van der Waals surface area contributed by atoms with Gasteiger partial charge in [-0.2, -0.15) is 0 Å². The van der Waals surface area contributed by atoms with Gasteiger partial charge in [-0.3, -0.25) is 14.4 Å². The number of carbonyl (C=O) groups excluding carboxylic acids is 2. The van der Waals surface area contributed by atoms with Crippen LogP contribution in [0.2, 0.25) is 0 Å². The molecular formula is C19H21N3O4S. The lowest BCUT2D eigenvalue weighted by atomic mass is 9.96. The zero-order chi connectivity index (χ0) is 19.6. The third-order valence-corrected chi connectivity index (χ3v) is 5.53. The van der Waals surface area contributed by atoms with Gasteiger partial charge in [-0.1, -0.05) is 0 Å². The number of nitrogens with one attached hydrogen (secondary N) is 1. The van der Waals surface area contributed by atoms with Crippen molar-refractivity contribution in [2.45, 2.75) is 26.7 Å². The molecule has 3 rings (SSSR count). The molecule has 1 aromatic carbocycles. The Labute approximate surface area is 161 Å². The van der Waals surface area contributed by atoms with Gasteiger partial charge in [-0.15, -0.1) is 11.3 Å². The lowest BCUT2D eigenvalue weighted by molar-refractivity contribution is -0.143. The number of anilines is 1. The van der Waals surface area contributed by atoms with Crippen LogP contribution < -0.4 is 5.32 Å². The van der Waals surface area contributed by atoms with Crippen LogP contribution in [0.4, 0.5) is 5.69 Å². The molecule has 0 bridgehead atoms. The quantitative estimate of drug-likeness (QED) is 0.840. The number of nitrogens with zero attached hydrogens (tertiary/aromatic N) is 2. The highest BCUT2D eigenvalue weighted by Gasteiger charge is 2.27. The van der Waals surface area contributed by atoms with Crippen LogP contribution >= 0.6 is 11.3 Å². The van der Waals surface area contributed by atoms with E-state index in [9.17, 15) is 14.4 Å². The van der Waals surface area contributed by atoms with Gasteiger partial charge < -0.3 is 15.3 Å². The summed E-state index contributed by atoms with van der Waals surface area (Å²) in [5.41, 5.74) is 1.52. The molecule has 2 heterocycles. The Bertz CT molecular complexity index is 868. The molecule has 142 valence electrons. The average Bonchev–Trinajstić information content (AvgIpc) is 3.00. The van der Waals surface area contributed by atoms with Gasteiger partial charge in [0.15, 0.2) is 0 Å². The SMILES string of the molecule is Cc1nc(C(=O)Nc2ccc(C(=O)N3CCC(C(=O)O)CC3)cc2)c(C)s1. The van der Waals surface area contributed by atoms with Gasteiger partial charge in [-0.05, 0) is 51.0 Å². The summed E-state index contributed by atoms with van der Waals surface area (Å²) in [6.07, 6.45) is 0.948. The molecule has 8 heteroatoms. The number of aliphatic carboxylic acids is 1. The van der Waals surface area contributed by atoms with Crippen molar-refractivity contribution in [1.82, 2.24) is 9.88 Å². The molecule has 1 aliphatic rings. The predicted molar refractivity (Wildman–Crippen MR) is 102 cm³/mol. The second-order valence-electron chi connectivity index (χ2n) is 6.57. The number of likely N-dealkylation sites (tertiary alicyclic amines) is 1. The molecule has 0 saturated carbocycles. The molecule has 2 amide bonds. The minimum Gasteiger partial charge on any atom is -0.481 e. The summed E-state index contributed by atoms with van der Waals surface area (Å²) < 4.78 is 0. The van der Waals surface area contributed by atoms with Crippen LogP contribution in [-0.2, 0) is 4.79 Å². The van der Waals surface area contributed by atoms with Gasteiger partial charge in [0.25, 0.3) is 11.8 Å². The van der Waals surface area contributed by atoms with Crippen molar-refractivity contribution in [2.75, 3.05) is 18.4 Å². The van der Waals surface area contributed by atoms with E-state index in [0.717, 1.165) is 9.88 Å². The molecule has 2 N–H and O–H groups in total. The molecule has 0 unspecified atom stereocenters. The lowest BCUT2D eigenvalue weighted by Gasteiger charge is -2.30. The molecule has 27 heavy (non-hydrogen) atoms. The van der Waals surface area contributed by atoms with Crippen LogP contribution in [0.25, 0.3) is 0 Å². The van der Waals surface area contributed by atoms with Gasteiger partial charge >= 0.3 is 5.97 Å². The Morgan fingerprint density at radius 1 is 1.15 bits per heavy atom. The number of rotatable bonds is 4. The van der Waals surface area contributed by atoms with Crippen molar-refractivity contribution in [1.29, 1.82) is 0 Å². The Balaban J connectivity index is 1.62. The van der Waals surface area contributed by atoms with Crippen LogP contribution in [0.1, 0.15) is 43.6 Å². The normalized spacial score (nSPS) is 14.8. The summed E-state index contributed by atoms with van der Waals surface area (Å²) in [5, 5.41) is 12.7. The van der Waals surface area contributed by atoms with Crippen LogP contribution in [0.3, 0.4) is 0 Å². The maximum absolute atomic E-state index is 12.6. The molecule has 7 nitrogen and oxygen atoms in total. The lowest BCUT2D eigenvalue weighted by Crippen LogP contribution is -2.40. The first-order valence-corrected chi connectivity index (χ1v) is 9.54. The number of amides is 2. The predicted octanol–water partition coefficient (Wildman–Crippen LogP) is 2.95. The van der Waals surface area contributed by atoms with Crippen molar-refractivity contribution in [3.8, 4) is 0 Å². The first kappa shape index (κ1) is 19.0. The number of carboxylic acid groups (broad SMARTS) is 1. The van der Waals surface area contributed by atoms with E-state index in [1.54, 1.807) is 29.2 Å². The van der Waals surface area contributed by atoms with Crippen LogP contribution in [-0.4, -0.2) is 45.9 Å². The second kappa shape index (κ2) is 7.87. The second-order valence-corrected chi connectivity index (χ2v) is 7.98. The number of carboxylic acids is 1. The molecule has 2 aromatic rings. The van der Waals surface area contributed by atoms with E-state index in [2.05, 4.69) is 10.3 Å². The summed E-state index contributed by atoms with van der Waals surface area (Å²) in [7, 11) is 0.